The van der Waals surface area contributed by atoms with E-state index in [0.717, 1.165) is 0 Å². The van der Waals surface area contributed by atoms with Gasteiger partial charge in [-0.25, -0.2) is 4.79 Å². The van der Waals surface area contributed by atoms with Crippen LogP contribution >= 0.6 is 0 Å². The number of carbonyl (C=O) groups excluding carboxylic acids is 4. The highest BCUT2D eigenvalue weighted by Crippen LogP contribution is 2.38. The van der Waals surface area contributed by atoms with Gasteiger partial charge in [0, 0.05) is 6.42 Å². The van der Waals surface area contributed by atoms with Crippen molar-refractivity contribution in [2.45, 2.75) is 102 Å². The van der Waals surface area contributed by atoms with E-state index in [0.29, 0.717) is 43.7 Å². The zero-order chi connectivity index (χ0) is 30.4. The second kappa shape index (κ2) is 14.2. The summed E-state index contributed by atoms with van der Waals surface area (Å²) in [7, 11) is 0. The van der Waals surface area contributed by atoms with Gasteiger partial charge in [-0.1, -0.05) is 34.1 Å². The van der Waals surface area contributed by atoms with Crippen LogP contribution in [-0.2, 0) is 28.8 Å². The lowest BCUT2D eigenvalue weighted by molar-refractivity contribution is -0.180. The molecule has 0 spiro atoms. The fourth-order valence-corrected chi connectivity index (χ4v) is 5.73. The largest absolute Gasteiger partial charge is 0.481 e. The van der Waals surface area contributed by atoms with Crippen LogP contribution in [0.1, 0.15) is 72.6 Å². The SMILES string of the molecule is CCC(C)C(N)C(=O)N(C(=O)C1CCCN1)C(C(=O)O)(C(=O)C1CCCN1)C(C(=O)C(N)CCC(=O)O)C(C)C. The summed E-state index contributed by atoms with van der Waals surface area (Å²) in [5.74, 6) is -10.1. The average Bonchev–Trinajstić information content (AvgIpc) is 3.64. The predicted molar refractivity (Wildman–Crippen MR) is 145 cm³/mol. The molecule has 0 radical (unpaired) electrons. The molecule has 226 valence electrons. The van der Waals surface area contributed by atoms with Gasteiger partial charge in [-0.15, -0.1) is 0 Å². The Hall–Kier alpha value is -2.74. The number of ketones is 2. The predicted octanol–water partition coefficient (Wildman–Crippen LogP) is -0.355. The van der Waals surface area contributed by atoms with Crippen molar-refractivity contribution in [3.8, 4) is 0 Å². The topological polar surface area (TPSA) is 222 Å². The van der Waals surface area contributed by atoms with Crippen LogP contribution in [0.4, 0.5) is 0 Å². The van der Waals surface area contributed by atoms with Gasteiger partial charge in [0.15, 0.2) is 11.6 Å². The van der Waals surface area contributed by atoms with Gasteiger partial charge >= 0.3 is 11.9 Å². The number of hydrogen-bond donors (Lipinski definition) is 6. The number of Topliss-reactive ketones (excluding diaryl/α,β-unsaturated/α-hetero) is 2. The molecule has 2 rings (SSSR count). The van der Waals surface area contributed by atoms with Crippen molar-refractivity contribution < 1.29 is 39.0 Å². The Labute approximate surface area is 234 Å². The molecule has 2 aliphatic rings. The lowest BCUT2D eigenvalue weighted by Crippen LogP contribution is -2.76. The Balaban J connectivity index is 2.89. The van der Waals surface area contributed by atoms with E-state index in [1.807, 2.05) is 0 Å². The quantitative estimate of drug-likeness (QED) is 0.140. The smallest absolute Gasteiger partial charge is 0.338 e. The standard InChI is InChI=1S/C27H45N5O8/c1-5-15(4)21(29)25(38)32(24(37)18-9-7-13-31-18)27(26(39)40,23(36)17-8-6-12-30-17)20(14(2)3)22(35)16(28)10-11-19(33)34/h14-18,20-21,30-31H,5-13,28-29H2,1-4H3,(H,33,34)(H,39,40). The van der Waals surface area contributed by atoms with Crippen molar-refractivity contribution in [1.82, 2.24) is 15.5 Å². The fourth-order valence-electron chi connectivity index (χ4n) is 5.73. The maximum absolute atomic E-state index is 14.4. The van der Waals surface area contributed by atoms with Crippen LogP contribution in [0.3, 0.4) is 0 Å². The summed E-state index contributed by atoms with van der Waals surface area (Å²) in [5, 5.41) is 26.0. The van der Waals surface area contributed by atoms with Gasteiger partial charge in [0.2, 0.25) is 17.4 Å². The lowest BCUT2D eigenvalue weighted by atomic mass is 9.67. The van der Waals surface area contributed by atoms with Crippen molar-refractivity contribution in [3.05, 3.63) is 0 Å². The Morgan fingerprint density at radius 2 is 1.50 bits per heavy atom. The molecule has 2 fully saturated rings. The van der Waals surface area contributed by atoms with Crippen molar-refractivity contribution in [3.63, 3.8) is 0 Å². The van der Waals surface area contributed by atoms with Crippen molar-refractivity contribution in [1.29, 1.82) is 0 Å². The minimum atomic E-state index is -2.96. The van der Waals surface area contributed by atoms with Gasteiger partial charge in [0.05, 0.1) is 30.1 Å². The Morgan fingerprint density at radius 1 is 0.950 bits per heavy atom. The molecule has 2 amide bonds. The molecule has 2 saturated heterocycles. The molecule has 0 aliphatic carbocycles. The highest BCUT2D eigenvalue weighted by atomic mass is 16.4. The molecule has 0 aromatic heterocycles. The van der Waals surface area contributed by atoms with Crippen LogP contribution < -0.4 is 22.1 Å². The zero-order valence-corrected chi connectivity index (χ0v) is 23.9. The maximum atomic E-state index is 14.4. The van der Waals surface area contributed by atoms with Gasteiger partial charge in [-0.2, -0.15) is 0 Å². The number of nitrogens with zero attached hydrogens (tertiary/aromatic N) is 1. The summed E-state index contributed by atoms with van der Waals surface area (Å²) in [6.45, 7) is 7.32. The van der Waals surface area contributed by atoms with Crippen LogP contribution in [0, 0.1) is 17.8 Å². The van der Waals surface area contributed by atoms with Crippen molar-refractivity contribution in [2.24, 2.45) is 29.2 Å². The third kappa shape index (κ3) is 6.76. The first-order valence-electron chi connectivity index (χ1n) is 14.1. The third-order valence-electron chi connectivity index (χ3n) is 8.23. The average molecular weight is 568 g/mol. The second-order valence-corrected chi connectivity index (χ2v) is 11.3. The van der Waals surface area contributed by atoms with E-state index in [1.165, 1.54) is 13.8 Å². The molecule has 8 N–H and O–H groups in total. The van der Waals surface area contributed by atoms with Gasteiger partial charge in [-0.3, -0.25) is 28.9 Å². The van der Waals surface area contributed by atoms with Gasteiger partial charge in [0.1, 0.15) is 0 Å². The summed E-state index contributed by atoms with van der Waals surface area (Å²) in [5.41, 5.74) is 9.43. The maximum Gasteiger partial charge on any atom is 0.338 e. The van der Waals surface area contributed by atoms with Crippen LogP contribution in [0.2, 0.25) is 0 Å². The summed E-state index contributed by atoms with van der Waals surface area (Å²) < 4.78 is 0. The van der Waals surface area contributed by atoms with Crippen molar-refractivity contribution in [2.75, 3.05) is 13.1 Å². The summed E-state index contributed by atoms with van der Waals surface area (Å²) >= 11 is 0. The zero-order valence-electron chi connectivity index (χ0n) is 23.9. The lowest BCUT2D eigenvalue weighted by Gasteiger charge is -2.47. The molecule has 7 atom stereocenters. The highest BCUT2D eigenvalue weighted by molar-refractivity contribution is 6.20. The summed E-state index contributed by atoms with van der Waals surface area (Å²) in [4.78, 5) is 81.8. The number of rotatable bonds is 15. The first-order chi connectivity index (χ1) is 18.7. The van der Waals surface area contributed by atoms with Gasteiger partial charge in [0.25, 0.3) is 0 Å². The molecule has 0 aromatic rings. The molecule has 13 heteroatoms. The fraction of sp³-hybridized carbons (Fsp3) is 0.778. The first-order valence-corrected chi connectivity index (χ1v) is 14.1. The van der Waals surface area contributed by atoms with Gasteiger partial charge < -0.3 is 32.3 Å². The molecule has 13 nitrogen and oxygen atoms in total. The number of nitrogens with two attached hydrogens (primary N) is 2. The Bertz CT molecular complexity index is 976. The number of carbonyl (C=O) groups is 6. The summed E-state index contributed by atoms with van der Waals surface area (Å²) in [6, 6.07) is -4.78. The normalized spacial score (nSPS) is 23.6. The second-order valence-electron chi connectivity index (χ2n) is 11.3. The molecule has 40 heavy (non-hydrogen) atoms. The first kappa shape index (κ1) is 33.5. The van der Waals surface area contributed by atoms with E-state index < -0.39 is 89.2 Å². The minimum Gasteiger partial charge on any atom is -0.481 e. The molecule has 7 unspecified atom stereocenters. The van der Waals surface area contributed by atoms with Gasteiger partial charge in [-0.05, 0) is 57.0 Å². The van der Waals surface area contributed by atoms with E-state index >= 15 is 0 Å². The van der Waals surface area contributed by atoms with Crippen LogP contribution in [0.5, 0.6) is 0 Å². The number of aliphatic carboxylic acids is 2. The van der Waals surface area contributed by atoms with E-state index in [4.69, 9.17) is 16.6 Å². The molecular weight excluding hydrogens is 522 g/mol. The molecule has 0 saturated carbocycles. The van der Waals surface area contributed by atoms with Crippen molar-refractivity contribution >= 4 is 35.3 Å². The summed E-state index contributed by atoms with van der Waals surface area (Å²) in [6.07, 6.45) is 1.31. The third-order valence-corrected chi connectivity index (χ3v) is 8.23. The molecular formula is C27H45N5O8. The number of carboxylic acid groups (broad SMARTS) is 2. The molecule has 2 aliphatic heterocycles. The van der Waals surface area contributed by atoms with E-state index in [-0.39, 0.29) is 12.8 Å². The minimum absolute atomic E-state index is 0.243. The number of carboxylic acids is 2. The number of hydrogen-bond acceptors (Lipinski definition) is 10. The van der Waals surface area contributed by atoms with E-state index in [1.54, 1.807) is 13.8 Å². The number of nitrogens with one attached hydrogen (secondary N) is 2. The number of imide groups is 1. The monoisotopic (exact) mass is 567 g/mol. The Morgan fingerprint density at radius 3 is 1.93 bits per heavy atom. The number of amides is 2. The molecule has 0 aromatic carbocycles. The molecule has 2 heterocycles. The van der Waals surface area contributed by atoms with E-state index in [2.05, 4.69) is 10.6 Å². The van der Waals surface area contributed by atoms with Crippen LogP contribution in [0.15, 0.2) is 0 Å². The molecule has 0 bridgehead atoms. The van der Waals surface area contributed by atoms with E-state index in [9.17, 15) is 33.9 Å². The highest BCUT2D eigenvalue weighted by Gasteiger charge is 2.66. The Kier molecular flexibility index (Phi) is 11.9. The van der Waals surface area contributed by atoms with Crippen LogP contribution in [-0.4, -0.2) is 93.2 Å². The van der Waals surface area contributed by atoms with Crippen LogP contribution in [0.25, 0.3) is 0 Å².